The molecule has 0 aliphatic carbocycles. The molecule has 0 radical (unpaired) electrons. The molecule has 0 aliphatic heterocycles. The van der Waals surface area contributed by atoms with Gasteiger partial charge >= 0.3 is 0 Å². The number of benzene rings is 2. The van der Waals surface area contributed by atoms with Crippen molar-refractivity contribution < 1.29 is 13.9 Å². The highest BCUT2D eigenvalue weighted by Gasteiger charge is 2.08. The summed E-state index contributed by atoms with van der Waals surface area (Å²) in [6, 6.07) is 21.3. The molecule has 7 nitrogen and oxygen atoms in total. The SMILES string of the molecule is CN=C(NCCCOC(C)c1ccccc1)NCc1cccc(C(=O)NCc2ccco2)c1.I. The lowest BCUT2D eigenvalue weighted by Gasteiger charge is -2.15. The topological polar surface area (TPSA) is 87.9 Å². The molecule has 8 heteroatoms. The van der Waals surface area contributed by atoms with Crippen LogP contribution in [0.4, 0.5) is 0 Å². The van der Waals surface area contributed by atoms with Crippen LogP contribution in [0, 0.1) is 0 Å². The van der Waals surface area contributed by atoms with E-state index in [-0.39, 0.29) is 36.0 Å². The first kappa shape index (κ1) is 27.4. The van der Waals surface area contributed by atoms with Crippen molar-refractivity contribution in [3.8, 4) is 0 Å². The molecule has 3 rings (SSSR count). The number of hydrogen-bond donors (Lipinski definition) is 3. The summed E-state index contributed by atoms with van der Waals surface area (Å²) in [7, 11) is 1.74. The predicted octanol–water partition coefficient (Wildman–Crippen LogP) is 4.66. The highest BCUT2D eigenvalue weighted by molar-refractivity contribution is 14.0. The predicted molar refractivity (Wildman–Crippen MR) is 145 cm³/mol. The van der Waals surface area contributed by atoms with Gasteiger partial charge in [0.15, 0.2) is 5.96 Å². The van der Waals surface area contributed by atoms with Gasteiger partial charge in [-0.25, -0.2) is 0 Å². The van der Waals surface area contributed by atoms with E-state index >= 15 is 0 Å². The van der Waals surface area contributed by atoms with Crippen LogP contribution in [0.25, 0.3) is 0 Å². The number of carbonyl (C=O) groups excluding carboxylic acids is 1. The maximum absolute atomic E-state index is 12.4. The highest BCUT2D eigenvalue weighted by Crippen LogP contribution is 2.15. The van der Waals surface area contributed by atoms with E-state index in [1.54, 1.807) is 25.4 Å². The molecule has 34 heavy (non-hydrogen) atoms. The molecule has 182 valence electrons. The molecule has 0 spiro atoms. The second kappa shape index (κ2) is 15.1. The van der Waals surface area contributed by atoms with Crippen molar-refractivity contribution in [2.75, 3.05) is 20.2 Å². The number of ether oxygens (including phenoxy) is 1. The summed E-state index contributed by atoms with van der Waals surface area (Å²) < 4.78 is 11.2. The molecule has 1 amide bonds. The molecule has 3 N–H and O–H groups in total. The van der Waals surface area contributed by atoms with Crippen molar-refractivity contribution >= 4 is 35.8 Å². The van der Waals surface area contributed by atoms with E-state index in [1.807, 2.05) is 42.5 Å². The van der Waals surface area contributed by atoms with Crippen LogP contribution in [-0.4, -0.2) is 32.1 Å². The highest BCUT2D eigenvalue weighted by atomic mass is 127. The minimum Gasteiger partial charge on any atom is -0.467 e. The van der Waals surface area contributed by atoms with Gasteiger partial charge in [-0.1, -0.05) is 42.5 Å². The average molecular weight is 576 g/mol. The van der Waals surface area contributed by atoms with Gasteiger partial charge in [-0.2, -0.15) is 0 Å². The van der Waals surface area contributed by atoms with Gasteiger partial charge in [-0.3, -0.25) is 9.79 Å². The molecule has 1 aromatic heterocycles. The second-order valence-corrected chi connectivity index (χ2v) is 7.59. The molecule has 3 aromatic rings. The molecule has 0 aliphatic rings. The monoisotopic (exact) mass is 576 g/mol. The van der Waals surface area contributed by atoms with E-state index in [4.69, 9.17) is 9.15 Å². The summed E-state index contributed by atoms with van der Waals surface area (Å²) in [5.74, 6) is 1.29. The minimum atomic E-state index is -0.138. The second-order valence-electron chi connectivity index (χ2n) is 7.59. The largest absolute Gasteiger partial charge is 0.467 e. The fraction of sp³-hybridized carbons (Fsp3) is 0.308. The third-order valence-corrected chi connectivity index (χ3v) is 5.13. The summed E-state index contributed by atoms with van der Waals surface area (Å²) in [4.78, 5) is 16.7. The molecular weight excluding hydrogens is 543 g/mol. The van der Waals surface area contributed by atoms with Crippen LogP contribution in [-0.2, 0) is 17.8 Å². The van der Waals surface area contributed by atoms with Crippen LogP contribution in [0.3, 0.4) is 0 Å². The van der Waals surface area contributed by atoms with E-state index in [0.717, 1.165) is 24.3 Å². The fourth-order valence-corrected chi connectivity index (χ4v) is 3.27. The van der Waals surface area contributed by atoms with Crippen LogP contribution < -0.4 is 16.0 Å². The zero-order valence-corrected chi connectivity index (χ0v) is 22.0. The standard InChI is InChI=1S/C26H32N4O3.HI/c1-20(22-10-4-3-5-11-22)32-16-8-14-28-26(27-2)30-18-21-9-6-12-23(17-21)25(31)29-19-24-13-7-15-33-24;/h3-7,9-13,15,17,20H,8,14,16,18-19H2,1-2H3,(H,29,31)(H2,27,28,30);1H. The van der Waals surface area contributed by atoms with Gasteiger partial charge < -0.3 is 25.1 Å². The maximum atomic E-state index is 12.4. The Hall–Kier alpha value is -2.85. The molecule has 0 saturated heterocycles. The number of amides is 1. The zero-order chi connectivity index (χ0) is 23.3. The van der Waals surface area contributed by atoms with Crippen LogP contribution >= 0.6 is 24.0 Å². The van der Waals surface area contributed by atoms with Gasteiger partial charge in [0.1, 0.15) is 5.76 Å². The number of nitrogens with zero attached hydrogens (tertiary/aromatic N) is 1. The van der Waals surface area contributed by atoms with Crippen molar-refractivity contribution in [3.05, 3.63) is 95.4 Å². The van der Waals surface area contributed by atoms with Crippen molar-refractivity contribution in [3.63, 3.8) is 0 Å². The zero-order valence-electron chi connectivity index (χ0n) is 19.6. The average Bonchev–Trinajstić information content (AvgIpc) is 3.38. The smallest absolute Gasteiger partial charge is 0.251 e. The van der Waals surface area contributed by atoms with Crippen LogP contribution in [0.2, 0.25) is 0 Å². The minimum absolute atomic E-state index is 0. The quantitative estimate of drug-likeness (QED) is 0.134. The van der Waals surface area contributed by atoms with Crippen molar-refractivity contribution in [1.82, 2.24) is 16.0 Å². The lowest BCUT2D eigenvalue weighted by atomic mass is 10.1. The Morgan fingerprint density at radius 3 is 2.56 bits per heavy atom. The molecule has 0 fully saturated rings. The van der Waals surface area contributed by atoms with Gasteiger partial charge in [0, 0.05) is 32.3 Å². The maximum Gasteiger partial charge on any atom is 0.251 e. The van der Waals surface area contributed by atoms with Crippen LogP contribution in [0.15, 0.2) is 82.4 Å². The summed E-state index contributed by atoms with van der Waals surface area (Å²) in [5, 5.41) is 9.44. The third-order valence-electron chi connectivity index (χ3n) is 5.13. The molecular formula is C26H33IN4O3. The number of aliphatic imine (C=N–C) groups is 1. The van der Waals surface area contributed by atoms with Crippen molar-refractivity contribution in [1.29, 1.82) is 0 Å². The van der Waals surface area contributed by atoms with Gasteiger partial charge in [0.25, 0.3) is 5.91 Å². The number of nitrogens with one attached hydrogen (secondary N) is 3. The van der Waals surface area contributed by atoms with E-state index in [2.05, 4.69) is 40.0 Å². The first-order chi connectivity index (χ1) is 16.2. The normalized spacial score (nSPS) is 11.9. The number of halogens is 1. The summed E-state index contributed by atoms with van der Waals surface area (Å²) in [6.45, 7) is 4.39. The lowest BCUT2D eigenvalue weighted by Crippen LogP contribution is -2.37. The Balaban J connectivity index is 0.00000408. The van der Waals surface area contributed by atoms with Gasteiger partial charge in [-0.15, -0.1) is 24.0 Å². The van der Waals surface area contributed by atoms with E-state index < -0.39 is 0 Å². The molecule has 1 atom stereocenters. The fourth-order valence-electron chi connectivity index (χ4n) is 3.27. The molecule has 1 heterocycles. The molecule has 1 unspecified atom stereocenters. The Labute approximate surface area is 218 Å². The Kier molecular flexibility index (Phi) is 12.2. The lowest BCUT2D eigenvalue weighted by molar-refractivity contribution is 0.0646. The summed E-state index contributed by atoms with van der Waals surface area (Å²) in [6.07, 6.45) is 2.53. The van der Waals surface area contributed by atoms with Crippen LogP contribution in [0.1, 0.15) is 46.7 Å². The molecule has 2 aromatic carbocycles. The summed E-state index contributed by atoms with van der Waals surface area (Å²) >= 11 is 0. The Morgan fingerprint density at radius 1 is 1.00 bits per heavy atom. The first-order valence-corrected chi connectivity index (χ1v) is 11.2. The van der Waals surface area contributed by atoms with Crippen LogP contribution in [0.5, 0.6) is 0 Å². The van der Waals surface area contributed by atoms with E-state index in [1.165, 1.54) is 5.56 Å². The number of guanidine groups is 1. The number of furan rings is 1. The number of rotatable bonds is 11. The van der Waals surface area contributed by atoms with Crippen molar-refractivity contribution in [2.45, 2.75) is 32.5 Å². The van der Waals surface area contributed by atoms with Gasteiger partial charge in [-0.05, 0) is 48.7 Å². The Morgan fingerprint density at radius 2 is 1.82 bits per heavy atom. The Bertz CT molecular complexity index is 1010. The number of carbonyl (C=O) groups is 1. The van der Waals surface area contributed by atoms with Gasteiger partial charge in [0.2, 0.25) is 0 Å². The van der Waals surface area contributed by atoms with E-state index in [9.17, 15) is 4.79 Å². The first-order valence-electron chi connectivity index (χ1n) is 11.2. The molecule has 0 saturated carbocycles. The van der Waals surface area contributed by atoms with Gasteiger partial charge in [0.05, 0.1) is 18.9 Å². The molecule has 0 bridgehead atoms. The summed E-state index contributed by atoms with van der Waals surface area (Å²) in [5.41, 5.74) is 2.77. The van der Waals surface area contributed by atoms with E-state index in [0.29, 0.717) is 31.2 Å². The third kappa shape index (κ3) is 9.18. The van der Waals surface area contributed by atoms with Crippen molar-refractivity contribution in [2.24, 2.45) is 4.99 Å². The number of hydrogen-bond acceptors (Lipinski definition) is 4.